The Morgan fingerprint density at radius 3 is 3.10 bits per heavy atom. The number of benzene rings is 1. The Morgan fingerprint density at radius 2 is 2.29 bits per heavy atom. The van der Waals surface area contributed by atoms with Crippen LogP contribution in [0.3, 0.4) is 0 Å². The molecule has 1 aromatic carbocycles. The number of fused-ring (bicyclic) bond motifs is 1. The Bertz CT molecular complexity index is 744. The molecule has 6 heteroatoms. The van der Waals surface area contributed by atoms with Crippen molar-refractivity contribution in [2.45, 2.75) is 26.4 Å². The number of H-pyrrole nitrogens is 1. The molecule has 0 fully saturated rings. The van der Waals surface area contributed by atoms with Crippen LogP contribution in [0.2, 0.25) is 5.02 Å². The van der Waals surface area contributed by atoms with Crippen LogP contribution >= 0.6 is 11.6 Å². The molecule has 1 aromatic heterocycles. The molecule has 110 valence electrons. The maximum absolute atomic E-state index is 14.0. The van der Waals surface area contributed by atoms with E-state index < -0.39 is 0 Å². The van der Waals surface area contributed by atoms with Gasteiger partial charge in [-0.15, -0.1) is 0 Å². The number of aromatic amines is 1. The maximum atomic E-state index is 14.0. The van der Waals surface area contributed by atoms with Gasteiger partial charge in [-0.1, -0.05) is 23.7 Å². The van der Waals surface area contributed by atoms with Crippen LogP contribution in [0.25, 0.3) is 0 Å². The number of aromatic nitrogens is 2. The van der Waals surface area contributed by atoms with Gasteiger partial charge in [0.15, 0.2) is 0 Å². The third kappa shape index (κ3) is 2.84. The second-order valence-corrected chi connectivity index (χ2v) is 5.66. The van der Waals surface area contributed by atoms with E-state index in [-0.39, 0.29) is 16.4 Å². The molecule has 0 bridgehead atoms. The van der Waals surface area contributed by atoms with Crippen molar-refractivity contribution in [3.05, 3.63) is 62.0 Å². The van der Waals surface area contributed by atoms with E-state index in [0.29, 0.717) is 37.4 Å². The summed E-state index contributed by atoms with van der Waals surface area (Å²) < 4.78 is 14.0. The highest BCUT2D eigenvalue weighted by Crippen LogP contribution is 2.21. The topological polar surface area (TPSA) is 49.0 Å². The quantitative estimate of drug-likeness (QED) is 0.927. The van der Waals surface area contributed by atoms with Crippen molar-refractivity contribution in [2.24, 2.45) is 0 Å². The first kappa shape index (κ1) is 14.2. The van der Waals surface area contributed by atoms with E-state index in [0.717, 1.165) is 11.3 Å². The van der Waals surface area contributed by atoms with Gasteiger partial charge >= 0.3 is 0 Å². The molecule has 21 heavy (non-hydrogen) atoms. The van der Waals surface area contributed by atoms with Gasteiger partial charge in [-0.2, -0.15) is 0 Å². The molecule has 1 aliphatic heterocycles. The molecule has 0 unspecified atom stereocenters. The predicted octanol–water partition coefficient (Wildman–Crippen LogP) is 2.43. The summed E-state index contributed by atoms with van der Waals surface area (Å²) in [6.45, 7) is 3.47. The van der Waals surface area contributed by atoms with Crippen molar-refractivity contribution in [1.29, 1.82) is 0 Å². The standard InChI is InChI=1S/C15H15ClFN3O/c1-9-18-13-8-20(6-5-11(13)15(21)19-9)7-10-3-2-4-12(16)14(10)17/h2-4H,5-8H2,1H3,(H,18,19,21). The molecular weight excluding hydrogens is 293 g/mol. The Labute approximate surface area is 126 Å². The Balaban J connectivity index is 1.84. The van der Waals surface area contributed by atoms with E-state index >= 15 is 0 Å². The van der Waals surface area contributed by atoms with E-state index in [9.17, 15) is 9.18 Å². The zero-order valence-electron chi connectivity index (χ0n) is 11.6. The molecule has 0 atom stereocenters. The summed E-state index contributed by atoms with van der Waals surface area (Å²) in [6, 6.07) is 5.01. The molecule has 2 aromatic rings. The molecule has 3 rings (SSSR count). The van der Waals surface area contributed by atoms with Crippen LogP contribution in [-0.2, 0) is 19.5 Å². The molecule has 1 aliphatic rings. The molecule has 0 spiro atoms. The van der Waals surface area contributed by atoms with Crippen molar-refractivity contribution >= 4 is 11.6 Å². The van der Waals surface area contributed by atoms with Crippen LogP contribution in [-0.4, -0.2) is 21.4 Å². The minimum absolute atomic E-state index is 0.0638. The zero-order valence-corrected chi connectivity index (χ0v) is 12.4. The van der Waals surface area contributed by atoms with E-state index in [2.05, 4.69) is 14.9 Å². The summed E-state index contributed by atoms with van der Waals surface area (Å²) in [5.41, 5.74) is 2.02. The Morgan fingerprint density at radius 1 is 1.48 bits per heavy atom. The second-order valence-electron chi connectivity index (χ2n) is 5.25. The van der Waals surface area contributed by atoms with Gasteiger partial charge in [-0.05, 0) is 19.4 Å². The number of hydrogen-bond acceptors (Lipinski definition) is 3. The highest BCUT2D eigenvalue weighted by atomic mass is 35.5. The minimum Gasteiger partial charge on any atom is -0.311 e. The largest absolute Gasteiger partial charge is 0.311 e. The summed E-state index contributed by atoms with van der Waals surface area (Å²) in [5, 5.41) is 0.135. The number of hydrogen-bond donors (Lipinski definition) is 1. The van der Waals surface area contributed by atoms with Crippen LogP contribution in [0.15, 0.2) is 23.0 Å². The summed E-state index contributed by atoms with van der Waals surface area (Å²) >= 11 is 5.80. The molecule has 1 N–H and O–H groups in total. The molecule has 0 radical (unpaired) electrons. The first-order valence-electron chi connectivity index (χ1n) is 6.78. The van der Waals surface area contributed by atoms with Gasteiger partial charge in [0.1, 0.15) is 11.6 Å². The molecule has 0 saturated carbocycles. The summed E-state index contributed by atoms with van der Waals surface area (Å²) in [5.74, 6) is 0.231. The van der Waals surface area contributed by atoms with Gasteiger partial charge in [0.05, 0.1) is 10.7 Å². The van der Waals surface area contributed by atoms with Gasteiger partial charge in [0.25, 0.3) is 5.56 Å². The average molecular weight is 308 g/mol. The van der Waals surface area contributed by atoms with Crippen molar-refractivity contribution in [1.82, 2.24) is 14.9 Å². The number of nitrogens with one attached hydrogen (secondary N) is 1. The van der Waals surface area contributed by atoms with Gasteiger partial charge in [0, 0.05) is 30.8 Å². The monoisotopic (exact) mass is 307 g/mol. The second kappa shape index (κ2) is 5.58. The molecule has 0 amide bonds. The maximum Gasteiger partial charge on any atom is 0.254 e. The number of halogens is 2. The number of nitrogens with zero attached hydrogens (tertiary/aromatic N) is 2. The molecule has 0 saturated heterocycles. The van der Waals surface area contributed by atoms with Crippen LogP contribution in [0, 0.1) is 12.7 Å². The SMILES string of the molecule is Cc1nc2c(c(=O)[nH]1)CCN(Cc1cccc(Cl)c1F)C2. The first-order chi connectivity index (χ1) is 10.0. The van der Waals surface area contributed by atoms with E-state index in [1.54, 1.807) is 19.1 Å². The Hall–Kier alpha value is -1.72. The number of aryl methyl sites for hydroxylation is 1. The average Bonchev–Trinajstić information content (AvgIpc) is 2.43. The molecule has 2 heterocycles. The van der Waals surface area contributed by atoms with E-state index in [1.807, 2.05) is 0 Å². The highest BCUT2D eigenvalue weighted by Gasteiger charge is 2.21. The summed E-state index contributed by atoms with van der Waals surface area (Å²) in [6.07, 6.45) is 0.625. The molecule has 4 nitrogen and oxygen atoms in total. The lowest BCUT2D eigenvalue weighted by atomic mass is 10.1. The van der Waals surface area contributed by atoms with Gasteiger partial charge in [-0.25, -0.2) is 9.37 Å². The van der Waals surface area contributed by atoms with Gasteiger partial charge in [-0.3, -0.25) is 9.69 Å². The lowest BCUT2D eigenvalue weighted by Gasteiger charge is -2.27. The summed E-state index contributed by atoms with van der Waals surface area (Å²) in [4.78, 5) is 21.0. The normalized spacial score (nSPS) is 15.0. The highest BCUT2D eigenvalue weighted by molar-refractivity contribution is 6.30. The van der Waals surface area contributed by atoms with Crippen molar-refractivity contribution in [2.75, 3.05) is 6.54 Å². The summed E-state index contributed by atoms with van der Waals surface area (Å²) in [7, 11) is 0. The smallest absolute Gasteiger partial charge is 0.254 e. The van der Waals surface area contributed by atoms with Gasteiger partial charge < -0.3 is 4.98 Å². The van der Waals surface area contributed by atoms with Crippen molar-refractivity contribution in [3.8, 4) is 0 Å². The van der Waals surface area contributed by atoms with Crippen LogP contribution in [0.5, 0.6) is 0 Å². The lowest BCUT2D eigenvalue weighted by molar-refractivity contribution is 0.237. The minimum atomic E-state index is -0.375. The molecule has 0 aliphatic carbocycles. The first-order valence-corrected chi connectivity index (χ1v) is 7.16. The third-order valence-electron chi connectivity index (χ3n) is 3.70. The Kier molecular flexibility index (Phi) is 3.78. The van der Waals surface area contributed by atoms with Crippen molar-refractivity contribution in [3.63, 3.8) is 0 Å². The fourth-order valence-electron chi connectivity index (χ4n) is 2.66. The van der Waals surface area contributed by atoms with Crippen LogP contribution in [0.4, 0.5) is 4.39 Å². The van der Waals surface area contributed by atoms with Crippen LogP contribution in [0.1, 0.15) is 22.6 Å². The van der Waals surface area contributed by atoms with E-state index in [1.165, 1.54) is 6.07 Å². The van der Waals surface area contributed by atoms with Gasteiger partial charge in [0.2, 0.25) is 0 Å². The van der Waals surface area contributed by atoms with E-state index in [4.69, 9.17) is 11.6 Å². The van der Waals surface area contributed by atoms with Crippen molar-refractivity contribution < 1.29 is 4.39 Å². The molecular formula is C15H15ClFN3O. The predicted molar refractivity (Wildman–Crippen MR) is 78.8 cm³/mol. The fourth-order valence-corrected chi connectivity index (χ4v) is 2.86. The lowest BCUT2D eigenvalue weighted by Crippen LogP contribution is -2.35. The fraction of sp³-hybridized carbons (Fsp3) is 0.333. The third-order valence-corrected chi connectivity index (χ3v) is 3.99. The number of rotatable bonds is 2. The zero-order chi connectivity index (χ0) is 15.0. The van der Waals surface area contributed by atoms with Crippen LogP contribution < -0.4 is 5.56 Å².